The minimum atomic E-state index is -0.612. The summed E-state index contributed by atoms with van der Waals surface area (Å²) in [4.78, 5) is 14.0. The van der Waals surface area contributed by atoms with Crippen LogP contribution in [0, 0.1) is 11.8 Å². The monoisotopic (exact) mass is 267 g/mol. The molecule has 2 heterocycles. The quantitative estimate of drug-likeness (QED) is 0.832. The largest absolute Gasteiger partial charge is 0.480 e. The number of aliphatic carboxylic acids is 1. The van der Waals surface area contributed by atoms with Crippen molar-refractivity contribution in [2.24, 2.45) is 11.8 Å². The van der Waals surface area contributed by atoms with Gasteiger partial charge in [0, 0.05) is 19.2 Å². The smallest absolute Gasteiger partial charge is 0.321 e. The Morgan fingerprint density at radius 1 is 1.32 bits per heavy atom. The first-order chi connectivity index (χ1) is 8.98. The fourth-order valence-electron chi connectivity index (χ4n) is 4.52. The number of hydrogen-bond acceptors (Lipinski definition) is 3. The normalized spacial score (nSPS) is 42.2. The summed E-state index contributed by atoms with van der Waals surface area (Å²) < 4.78 is 5.77. The van der Waals surface area contributed by atoms with E-state index in [0.717, 1.165) is 32.4 Å². The third-order valence-corrected chi connectivity index (χ3v) is 5.32. The van der Waals surface area contributed by atoms with Crippen molar-refractivity contribution in [1.29, 1.82) is 0 Å². The molecule has 0 bridgehead atoms. The number of carboxylic acid groups (broad SMARTS) is 1. The summed E-state index contributed by atoms with van der Waals surface area (Å²) in [5.74, 6) is 0.397. The van der Waals surface area contributed by atoms with E-state index in [2.05, 4.69) is 18.7 Å². The van der Waals surface area contributed by atoms with E-state index in [1.807, 2.05) is 0 Å². The molecule has 2 aliphatic heterocycles. The Morgan fingerprint density at radius 2 is 2.11 bits per heavy atom. The lowest BCUT2D eigenvalue weighted by atomic mass is 9.91. The van der Waals surface area contributed by atoms with Crippen LogP contribution in [0.15, 0.2) is 0 Å². The Hall–Kier alpha value is -0.610. The molecule has 3 rings (SSSR count). The highest BCUT2D eigenvalue weighted by Crippen LogP contribution is 2.44. The number of ether oxygens (including phenoxy) is 1. The van der Waals surface area contributed by atoms with Gasteiger partial charge in [0.1, 0.15) is 6.04 Å². The first-order valence-electron chi connectivity index (χ1n) is 7.60. The van der Waals surface area contributed by atoms with Crippen LogP contribution >= 0.6 is 0 Å². The topological polar surface area (TPSA) is 49.8 Å². The molecule has 4 unspecified atom stereocenters. The molecule has 1 aliphatic carbocycles. The van der Waals surface area contributed by atoms with Gasteiger partial charge in [-0.1, -0.05) is 6.42 Å². The number of fused-ring (bicyclic) bond motifs is 1. The molecule has 0 aromatic rings. The molecule has 4 nitrogen and oxygen atoms in total. The molecular formula is C15H25NO3. The summed E-state index contributed by atoms with van der Waals surface area (Å²) in [6.07, 6.45) is 5.47. The molecule has 0 amide bonds. The zero-order valence-corrected chi connectivity index (χ0v) is 12.0. The summed E-state index contributed by atoms with van der Waals surface area (Å²) in [5, 5.41) is 9.62. The highest BCUT2D eigenvalue weighted by molar-refractivity contribution is 5.74. The predicted octanol–water partition coefficient (Wildman–Crippen LogP) is 2.13. The zero-order valence-electron chi connectivity index (χ0n) is 12.0. The first kappa shape index (κ1) is 13.4. The molecule has 0 radical (unpaired) electrons. The molecule has 0 spiro atoms. The van der Waals surface area contributed by atoms with Gasteiger partial charge in [-0.2, -0.15) is 0 Å². The van der Waals surface area contributed by atoms with Crippen LogP contribution in [0.4, 0.5) is 0 Å². The maximum absolute atomic E-state index is 11.7. The third-order valence-electron chi connectivity index (χ3n) is 5.32. The second kappa shape index (κ2) is 4.74. The van der Waals surface area contributed by atoms with Crippen molar-refractivity contribution in [3.63, 3.8) is 0 Å². The van der Waals surface area contributed by atoms with E-state index >= 15 is 0 Å². The maximum atomic E-state index is 11.7. The second-order valence-electron chi connectivity index (χ2n) is 7.09. The molecule has 2 saturated heterocycles. The molecule has 4 atom stereocenters. The third kappa shape index (κ3) is 2.40. The van der Waals surface area contributed by atoms with Crippen molar-refractivity contribution in [3.8, 4) is 0 Å². The molecule has 4 heteroatoms. The average Bonchev–Trinajstić information content (AvgIpc) is 2.85. The van der Waals surface area contributed by atoms with Crippen LogP contribution < -0.4 is 0 Å². The van der Waals surface area contributed by atoms with Crippen LogP contribution in [0.25, 0.3) is 0 Å². The number of hydrogen-bond donors (Lipinski definition) is 1. The zero-order chi connectivity index (χ0) is 13.6. The number of carboxylic acids is 1. The summed E-state index contributed by atoms with van der Waals surface area (Å²) in [6, 6.07) is 0.141. The van der Waals surface area contributed by atoms with Gasteiger partial charge in [0.15, 0.2) is 0 Å². The van der Waals surface area contributed by atoms with Gasteiger partial charge in [-0.25, -0.2) is 0 Å². The lowest BCUT2D eigenvalue weighted by Gasteiger charge is -2.41. The van der Waals surface area contributed by atoms with Crippen molar-refractivity contribution in [1.82, 2.24) is 4.90 Å². The Balaban J connectivity index is 1.78. The summed E-state index contributed by atoms with van der Waals surface area (Å²) >= 11 is 0. The highest BCUT2D eigenvalue weighted by Gasteiger charge is 2.50. The van der Waals surface area contributed by atoms with Gasteiger partial charge in [-0.05, 0) is 51.4 Å². The molecule has 19 heavy (non-hydrogen) atoms. The summed E-state index contributed by atoms with van der Waals surface area (Å²) in [5.41, 5.74) is -0.107. The molecular weight excluding hydrogens is 242 g/mol. The van der Waals surface area contributed by atoms with Crippen LogP contribution in [-0.2, 0) is 9.53 Å². The Bertz CT molecular complexity index is 368. The predicted molar refractivity (Wildman–Crippen MR) is 72.0 cm³/mol. The van der Waals surface area contributed by atoms with E-state index in [9.17, 15) is 9.90 Å². The van der Waals surface area contributed by atoms with Crippen molar-refractivity contribution in [2.75, 3.05) is 13.2 Å². The molecule has 3 fully saturated rings. The fraction of sp³-hybridized carbons (Fsp3) is 0.933. The van der Waals surface area contributed by atoms with Gasteiger partial charge in [0.25, 0.3) is 0 Å². The van der Waals surface area contributed by atoms with Gasteiger partial charge < -0.3 is 9.84 Å². The van der Waals surface area contributed by atoms with Crippen LogP contribution in [-0.4, -0.2) is 46.8 Å². The SMILES string of the molecule is CC1(C)CC(N2CC3CCCC3C2C(=O)O)CCO1. The molecule has 1 saturated carbocycles. The van der Waals surface area contributed by atoms with Crippen molar-refractivity contribution < 1.29 is 14.6 Å². The van der Waals surface area contributed by atoms with Crippen LogP contribution in [0.1, 0.15) is 46.0 Å². The number of carbonyl (C=O) groups is 1. The van der Waals surface area contributed by atoms with Gasteiger partial charge >= 0.3 is 5.97 Å². The van der Waals surface area contributed by atoms with E-state index in [0.29, 0.717) is 17.9 Å². The number of likely N-dealkylation sites (tertiary alicyclic amines) is 1. The summed E-state index contributed by atoms with van der Waals surface area (Å²) in [6.45, 7) is 5.98. The van der Waals surface area contributed by atoms with Crippen molar-refractivity contribution in [2.45, 2.75) is 63.6 Å². The minimum Gasteiger partial charge on any atom is -0.480 e. The average molecular weight is 267 g/mol. The van der Waals surface area contributed by atoms with Gasteiger partial charge in [-0.15, -0.1) is 0 Å². The Kier molecular flexibility index (Phi) is 3.34. The van der Waals surface area contributed by atoms with Gasteiger partial charge in [-0.3, -0.25) is 9.69 Å². The Morgan fingerprint density at radius 3 is 2.79 bits per heavy atom. The van der Waals surface area contributed by atoms with Crippen molar-refractivity contribution in [3.05, 3.63) is 0 Å². The highest BCUT2D eigenvalue weighted by atomic mass is 16.5. The number of rotatable bonds is 2. The number of nitrogens with zero attached hydrogens (tertiary/aromatic N) is 1. The van der Waals surface area contributed by atoms with E-state index in [4.69, 9.17) is 4.74 Å². The molecule has 108 valence electrons. The fourth-order valence-corrected chi connectivity index (χ4v) is 4.52. The van der Waals surface area contributed by atoms with Crippen LogP contribution in [0.3, 0.4) is 0 Å². The molecule has 0 aromatic carbocycles. The summed E-state index contributed by atoms with van der Waals surface area (Å²) in [7, 11) is 0. The van der Waals surface area contributed by atoms with Crippen LogP contribution in [0.5, 0.6) is 0 Å². The van der Waals surface area contributed by atoms with Crippen molar-refractivity contribution >= 4 is 5.97 Å². The van der Waals surface area contributed by atoms with Gasteiger partial charge in [0.05, 0.1) is 5.60 Å². The van der Waals surface area contributed by atoms with E-state index in [-0.39, 0.29) is 11.6 Å². The first-order valence-corrected chi connectivity index (χ1v) is 7.60. The maximum Gasteiger partial charge on any atom is 0.321 e. The van der Waals surface area contributed by atoms with Gasteiger partial charge in [0.2, 0.25) is 0 Å². The standard InChI is InChI=1S/C15H25NO3/c1-15(2)8-11(6-7-19-15)16-9-10-4-3-5-12(10)13(16)14(17)18/h10-13H,3-9H2,1-2H3,(H,17,18). The van der Waals surface area contributed by atoms with E-state index in [1.165, 1.54) is 12.8 Å². The van der Waals surface area contributed by atoms with E-state index in [1.54, 1.807) is 0 Å². The second-order valence-corrected chi connectivity index (χ2v) is 7.09. The van der Waals surface area contributed by atoms with Crippen LogP contribution in [0.2, 0.25) is 0 Å². The molecule has 0 aromatic heterocycles. The Labute approximate surface area is 115 Å². The lowest BCUT2D eigenvalue weighted by Crippen LogP contribution is -2.51. The lowest BCUT2D eigenvalue weighted by molar-refractivity contribution is -0.147. The molecule has 3 aliphatic rings. The molecule has 1 N–H and O–H groups in total. The minimum absolute atomic E-state index is 0.107. The van der Waals surface area contributed by atoms with E-state index < -0.39 is 5.97 Å².